The predicted octanol–water partition coefficient (Wildman–Crippen LogP) is 5.08. The van der Waals surface area contributed by atoms with Gasteiger partial charge >= 0.3 is 8.56 Å². The van der Waals surface area contributed by atoms with Crippen molar-refractivity contribution in [1.29, 1.82) is 0 Å². The molecule has 0 amide bonds. The second kappa shape index (κ2) is 13.6. The van der Waals surface area contributed by atoms with E-state index in [0.29, 0.717) is 0 Å². The first-order chi connectivity index (χ1) is 5.12. The third-order valence-corrected chi connectivity index (χ3v) is 9.64. The molecule has 0 N–H and O–H groups in total. The van der Waals surface area contributed by atoms with Gasteiger partial charge in [0.2, 0.25) is 0 Å². The van der Waals surface area contributed by atoms with E-state index in [1.165, 1.54) is 0 Å². The molecule has 0 aliphatic heterocycles. The fourth-order valence-electron chi connectivity index (χ4n) is 1.33. The Bertz CT molecular complexity index is 148. The SMILES string of the molecule is C.C.C.C.C[SiH](C)O[Si](C)(C)O[Si](C)(C)C.[V]. The average Bonchev–Trinajstić information content (AvgIpc) is 1.48. The Labute approximate surface area is 128 Å². The van der Waals surface area contributed by atoms with Crippen LogP contribution in [0.5, 0.6) is 0 Å². The summed E-state index contributed by atoms with van der Waals surface area (Å²) < 4.78 is 11.9. The van der Waals surface area contributed by atoms with E-state index in [1.54, 1.807) is 0 Å². The molecule has 0 bridgehead atoms. The molecule has 0 unspecified atom stereocenters. The molecule has 0 aromatic rings. The number of hydrogen-bond acceptors (Lipinski definition) is 2. The predicted molar refractivity (Wildman–Crippen MR) is 88.8 cm³/mol. The molecule has 0 atom stereocenters. The molecule has 0 saturated carbocycles. The van der Waals surface area contributed by atoms with Crippen LogP contribution >= 0.6 is 0 Å². The van der Waals surface area contributed by atoms with Crippen LogP contribution in [-0.4, -0.2) is 25.9 Å². The van der Waals surface area contributed by atoms with Gasteiger partial charge in [0, 0.05) is 18.6 Å². The summed E-state index contributed by atoms with van der Waals surface area (Å²) in [5.74, 6) is 0. The van der Waals surface area contributed by atoms with Gasteiger partial charge in [-0.25, -0.2) is 0 Å². The molecular formula is C11H38O2Si3V. The van der Waals surface area contributed by atoms with Gasteiger partial charge in [-0.2, -0.15) is 0 Å². The molecule has 2 nitrogen and oxygen atoms in total. The van der Waals surface area contributed by atoms with Crippen molar-refractivity contribution in [2.45, 2.75) is 75.5 Å². The maximum absolute atomic E-state index is 6.03. The molecule has 0 aromatic heterocycles. The van der Waals surface area contributed by atoms with Crippen LogP contribution in [0.25, 0.3) is 0 Å². The summed E-state index contributed by atoms with van der Waals surface area (Å²) in [7, 11) is -4.10. The van der Waals surface area contributed by atoms with E-state index in [0.717, 1.165) is 0 Å². The van der Waals surface area contributed by atoms with E-state index in [1.807, 2.05) is 0 Å². The Balaban J connectivity index is -0.0000000605. The van der Waals surface area contributed by atoms with Gasteiger partial charge in [-0.15, -0.1) is 0 Å². The fourth-order valence-corrected chi connectivity index (χ4v) is 12.4. The van der Waals surface area contributed by atoms with Gasteiger partial charge in [-0.1, -0.05) is 29.7 Å². The normalized spacial score (nSPS) is 9.88. The summed E-state index contributed by atoms with van der Waals surface area (Å²) in [5, 5.41) is 0. The van der Waals surface area contributed by atoms with Crippen molar-refractivity contribution in [1.82, 2.24) is 0 Å². The van der Waals surface area contributed by atoms with Crippen LogP contribution < -0.4 is 0 Å². The summed E-state index contributed by atoms with van der Waals surface area (Å²) >= 11 is 0. The van der Waals surface area contributed by atoms with Crippen molar-refractivity contribution in [2.75, 3.05) is 0 Å². The van der Waals surface area contributed by atoms with Crippen LogP contribution in [0.1, 0.15) is 29.7 Å². The topological polar surface area (TPSA) is 18.5 Å². The molecule has 0 spiro atoms. The third kappa shape index (κ3) is 26.7. The van der Waals surface area contributed by atoms with Gasteiger partial charge in [-0.3, -0.25) is 0 Å². The quantitative estimate of drug-likeness (QED) is 0.666. The summed E-state index contributed by atoms with van der Waals surface area (Å²) in [5.41, 5.74) is 0. The molecule has 0 aliphatic carbocycles. The minimum Gasteiger partial charge on any atom is -0.440 e. The van der Waals surface area contributed by atoms with Crippen molar-refractivity contribution in [3.05, 3.63) is 0 Å². The molecule has 6 heteroatoms. The summed E-state index contributed by atoms with van der Waals surface area (Å²) in [6.45, 7) is 15.3. The molecule has 0 rings (SSSR count). The van der Waals surface area contributed by atoms with Crippen molar-refractivity contribution >= 4 is 25.9 Å². The molecule has 1 radical (unpaired) electrons. The molecule has 111 valence electrons. The second-order valence-corrected chi connectivity index (χ2v) is 15.7. The van der Waals surface area contributed by atoms with E-state index in [9.17, 15) is 0 Å². The summed E-state index contributed by atoms with van der Waals surface area (Å²) in [6.07, 6.45) is 0. The van der Waals surface area contributed by atoms with Gasteiger partial charge < -0.3 is 8.23 Å². The van der Waals surface area contributed by atoms with Gasteiger partial charge in [0.25, 0.3) is 0 Å². The largest absolute Gasteiger partial charge is 0.440 e. The standard InChI is InChI=1S/C7H22O2Si3.4CH4.V/c1-10(2)8-12(6,7)9-11(3,4)5;;;;;/h10H,1-7H3;4*1H4;. The third-order valence-electron chi connectivity index (χ3n) is 1.07. The minimum absolute atomic E-state index is 0. The zero-order valence-corrected chi connectivity index (χ0v) is 14.4. The number of hydrogen-bond donors (Lipinski definition) is 0. The zero-order chi connectivity index (χ0) is 9.99. The van der Waals surface area contributed by atoms with Gasteiger partial charge in [0.05, 0.1) is 0 Å². The van der Waals surface area contributed by atoms with E-state index >= 15 is 0 Å². The second-order valence-electron chi connectivity index (χ2n) is 4.78. The first-order valence-electron chi connectivity index (χ1n) is 4.50. The summed E-state index contributed by atoms with van der Waals surface area (Å²) in [4.78, 5) is 0. The van der Waals surface area contributed by atoms with Crippen molar-refractivity contribution in [3.8, 4) is 0 Å². The van der Waals surface area contributed by atoms with Gasteiger partial charge in [0.1, 0.15) is 0 Å². The van der Waals surface area contributed by atoms with Crippen molar-refractivity contribution < 1.29 is 26.8 Å². The Morgan fingerprint density at radius 3 is 1.24 bits per heavy atom. The van der Waals surface area contributed by atoms with Crippen LogP contribution in [-0.2, 0) is 26.8 Å². The van der Waals surface area contributed by atoms with E-state index in [4.69, 9.17) is 8.23 Å². The molecule has 0 heterocycles. The maximum atomic E-state index is 6.03. The molecule has 0 saturated heterocycles. The van der Waals surface area contributed by atoms with E-state index in [2.05, 4.69) is 45.8 Å². The first kappa shape index (κ1) is 36.2. The molecule has 0 aromatic carbocycles. The van der Waals surface area contributed by atoms with Gasteiger partial charge in [0.15, 0.2) is 17.4 Å². The Morgan fingerprint density at radius 2 is 1.06 bits per heavy atom. The molecule has 0 fully saturated rings. The van der Waals surface area contributed by atoms with Crippen LogP contribution in [0.2, 0.25) is 45.8 Å². The Hall–Kier alpha value is 1.16. The van der Waals surface area contributed by atoms with Crippen LogP contribution in [0.15, 0.2) is 0 Å². The van der Waals surface area contributed by atoms with Gasteiger partial charge in [-0.05, 0) is 45.8 Å². The molecular weight excluding hydrogens is 299 g/mol. The van der Waals surface area contributed by atoms with Crippen LogP contribution in [0.4, 0.5) is 0 Å². The first-order valence-corrected chi connectivity index (χ1v) is 13.5. The fraction of sp³-hybridized carbons (Fsp3) is 1.00. The maximum Gasteiger partial charge on any atom is 0.310 e. The number of rotatable bonds is 4. The molecule has 17 heavy (non-hydrogen) atoms. The van der Waals surface area contributed by atoms with E-state index in [-0.39, 0.29) is 48.3 Å². The molecule has 0 aliphatic rings. The minimum atomic E-state index is -1.78. The zero-order valence-electron chi connectivity index (χ0n) is 9.84. The Morgan fingerprint density at radius 1 is 0.765 bits per heavy atom. The van der Waals surface area contributed by atoms with Crippen LogP contribution in [0, 0.1) is 0 Å². The monoisotopic (exact) mass is 337 g/mol. The van der Waals surface area contributed by atoms with Crippen molar-refractivity contribution in [2.24, 2.45) is 0 Å². The van der Waals surface area contributed by atoms with E-state index < -0.39 is 25.9 Å². The average molecular weight is 338 g/mol. The smallest absolute Gasteiger partial charge is 0.310 e. The van der Waals surface area contributed by atoms with Crippen LogP contribution in [0.3, 0.4) is 0 Å². The Kier molecular flexibility index (Phi) is 28.9. The van der Waals surface area contributed by atoms with Crippen molar-refractivity contribution in [3.63, 3.8) is 0 Å². The summed E-state index contributed by atoms with van der Waals surface area (Å²) in [6, 6.07) is 0.